The summed E-state index contributed by atoms with van der Waals surface area (Å²) in [5, 5.41) is 0. The summed E-state index contributed by atoms with van der Waals surface area (Å²) >= 11 is 0. The molecular weight excluding hydrogens is 248 g/mol. The Kier molecular flexibility index (Phi) is 3.03. The first-order chi connectivity index (χ1) is 9.81. The van der Waals surface area contributed by atoms with Crippen molar-refractivity contribution in [2.45, 2.75) is 38.3 Å². The Hall–Kier alpha value is -1.35. The molecule has 1 unspecified atom stereocenters. The fourth-order valence-corrected chi connectivity index (χ4v) is 4.12. The smallest absolute Gasteiger partial charge is 0.240 e. The molecule has 3 fully saturated rings. The minimum Gasteiger partial charge on any atom is -0.337 e. The Morgan fingerprint density at radius 3 is 2.50 bits per heavy atom. The van der Waals surface area contributed by atoms with Crippen molar-refractivity contribution in [1.82, 2.24) is 9.80 Å². The van der Waals surface area contributed by atoms with Crippen molar-refractivity contribution in [2.24, 2.45) is 5.92 Å². The molecule has 0 aliphatic carbocycles. The van der Waals surface area contributed by atoms with Gasteiger partial charge in [0.25, 0.3) is 0 Å². The minimum atomic E-state index is 0.174. The molecule has 3 heteroatoms. The molecule has 5 rings (SSSR count). The molecule has 1 amide bonds. The van der Waals surface area contributed by atoms with Crippen molar-refractivity contribution in [1.29, 1.82) is 0 Å². The number of piperidine rings is 3. The molecule has 1 atom stereocenters. The van der Waals surface area contributed by atoms with E-state index < -0.39 is 0 Å². The third-order valence-electron chi connectivity index (χ3n) is 5.37. The van der Waals surface area contributed by atoms with Crippen LogP contribution in [-0.2, 0) is 17.8 Å². The number of nitrogens with zero attached hydrogens (tertiary/aromatic N) is 2. The normalized spacial score (nSPS) is 32.0. The lowest BCUT2D eigenvalue weighted by Gasteiger charge is -2.46. The van der Waals surface area contributed by atoms with Crippen LogP contribution in [-0.4, -0.2) is 41.4 Å². The van der Waals surface area contributed by atoms with Crippen molar-refractivity contribution >= 4 is 5.91 Å². The van der Waals surface area contributed by atoms with Crippen LogP contribution < -0.4 is 0 Å². The largest absolute Gasteiger partial charge is 0.337 e. The van der Waals surface area contributed by atoms with Crippen molar-refractivity contribution in [3.05, 3.63) is 35.4 Å². The van der Waals surface area contributed by atoms with Gasteiger partial charge in [0.1, 0.15) is 0 Å². The number of fused-ring (bicyclic) bond motifs is 4. The lowest BCUT2D eigenvalue weighted by molar-refractivity contribution is -0.142. The first-order valence-corrected chi connectivity index (χ1v) is 7.91. The van der Waals surface area contributed by atoms with E-state index in [9.17, 15) is 4.79 Å². The molecule has 0 saturated carbocycles. The summed E-state index contributed by atoms with van der Waals surface area (Å²) in [7, 11) is 0. The van der Waals surface area contributed by atoms with Crippen LogP contribution in [0.1, 0.15) is 30.4 Å². The van der Waals surface area contributed by atoms with Crippen LogP contribution >= 0.6 is 0 Å². The summed E-state index contributed by atoms with van der Waals surface area (Å²) in [6.45, 7) is 3.96. The molecule has 4 aliphatic heterocycles. The number of carbonyl (C=O) groups is 1. The third-order valence-corrected chi connectivity index (χ3v) is 5.37. The molecule has 0 N–H and O–H groups in total. The molecule has 1 aromatic rings. The van der Waals surface area contributed by atoms with Crippen LogP contribution in [0.15, 0.2) is 24.3 Å². The molecule has 3 saturated heterocycles. The van der Waals surface area contributed by atoms with Gasteiger partial charge in [0.2, 0.25) is 5.91 Å². The van der Waals surface area contributed by atoms with Crippen molar-refractivity contribution < 1.29 is 4.79 Å². The summed E-state index contributed by atoms with van der Waals surface area (Å²) in [5.74, 6) is 1.18. The van der Waals surface area contributed by atoms with Gasteiger partial charge in [-0.05, 0) is 55.8 Å². The quantitative estimate of drug-likeness (QED) is 0.780. The molecule has 0 spiro atoms. The highest BCUT2D eigenvalue weighted by molar-refractivity contribution is 5.82. The lowest BCUT2D eigenvalue weighted by Crippen LogP contribution is -2.56. The molecular formula is C17H22N2O. The maximum absolute atomic E-state index is 12.8. The van der Waals surface area contributed by atoms with E-state index in [0.717, 1.165) is 44.9 Å². The van der Waals surface area contributed by atoms with Gasteiger partial charge in [-0.2, -0.15) is 0 Å². The van der Waals surface area contributed by atoms with Crippen molar-refractivity contribution in [3.63, 3.8) is 0 Å². The summed E-state index contributed by atoms with van der Waals surface area (Å²) in [5.41, 5.74) is 2.75. The second kappa shape index (κ2) is 4.88. The van der Waals surface area contributed by atoms with Gasteiger partial charge >= 0.3 is 0 Å². The van der Waals surface area contributed by atoms with Crippen LogP contribution in [0.25, 0.3) is 0 Å². The van der Waals surface area contributed by atoms with Gasteiger partial charge in [0.15, 0.2) is 0 Å². The Labute approximate surface area is 120 Å². The molecule has 1 aromatic carbocycles. The number of rotatable bonds is 1. The van der Waals surface area contributed by atoms with Crippen LogP contribution in [0.4, 0.5) is 0 Å². The van der Waals surface area contributed by atoms with Gasteiger partial charge < -0.3 is 4.90 Å². The van der Waals surface area contributed by atoms with E-state index in [0.29, 0.717) is 5.91 Å². The van der Waals surface area contributed by atoms with Gasteiger partial charge in [0.05, 0.1) is 6.04 Å². The molecule has 4 heterocycles. The second-order valence-corrected chi connectivity index (χ2v) is 6.51. The van der Waals surface area contributed by atoms with E-state index in [1.165, 1.54) is 24.0 Å². The monoisotopic (exact) mass is 270 g/mol. The SMILES string of the molecule is O=C(C1CC2CCN1CC2)N1CCc2ccccc2C1. The average molecular weight is 270 g/mol. The Bertz CT molecular complexity index is 519. The van der Waals surface area contributed by atoms with E-state index in [4.69, 9.17) is 0 Å². The van der Waals surface area contributed by atoms with E-state index in [-0.39, 0.29) is 6.04 Å². The standard InChI is InChI=1S/C17H22N2O/c20-17(16-11-13-5-8-18(16)9-6-13)19-10-7-14-3-1-2-4-15(14)12-19/h1-4,13,16H,5-12H2. The van der Waals surface area contributed by atoms with Crippen LogP contribution in [0.3, 0.4) is 0 Å². The zero-order valence-electron chi connectivity index (χ0n) is 11.9. The Morgan fingerprint density at radius 2 is 1.80 bits per heavy atom. The Balaban J connectivity index is 1.50. The highest BCUT2D eigenvalue weighted by atomic mass is 16.2. The number of hydrogen-bond donors (Lipinski definition) is 0. The van der Waals surface area contributed by atoms with Gasteiger partial charge in [-0.3, -0.25) is 9.69 Å². The molecule has 2 bridgehead atoms. The van der Waals surface area contributed by atoms with Gasteiger partial charge in [0, 0.05) is 13.1 Å². The topological polar surface area (TPSA) is 23.6 Å². The van der Waals surface area contributed by atoms with Crippen molar-refractivity contribution in [3.8, 4) is 0 Å². The highest BCUT2D eigenvalue weighted by Crippen LogP contribution is 2.33. The first kappa shape index (κ1) is 12.4. The maximum atomic E-state index is 12.8. The summed E-state index contributed by atoms with van der Waals surface area (Å²) in [6, 6.07) is 8.72. The number of amides is 1. The zero-order chi connectivity index (χ0) is 13.5. The molecule has 20 heavy (non-hydrogen) atoms. The van der Waals surface area contributed by atoms with E-state index in [1.54, 1.807) is 0 Å². The molecule has 3 nitrogen and oxygen atoms in total. The van der Waals surface area contributed by atoms with Crippen LogP contribution in [0, 0.1) is 5.92 Å². The predicted molar refractivity (Wildman–Crippen MR) is 78.3 cm³/mol. The minimum absolute atomic E-state index is 0.174. The zero-order valence-corrected chi connectivity index (χ0v) is 11.9. The maximum Gasteiger partial charge on any atom is 0.240 e. The van der Waals surface area contributed by atoms with E-state index in [2.05, 4.69) is 34.1 Å². The number of hydrogen-bond acceptors (Lipinski definition) is 2. The van der Waals surface area contributed by atoms with Gasteiger partial charge in [-0.25, -0.2) is 0 Å². The number of benzene rings is 1. The first-order valence-electron chi connectivity index (χ1n) is 7.91. The lowest BCUT2D eigenvalue weighted by atomic mass is 9.82. The fraction of sp³-hybridized carbons (Fsp3) is 0.588. The molecule has 0 radical (unpaired) electrons. The average Bonchev–Trinajstić information content (AvgIpc) is 2.54. The fourth-order valence-electron chi connectivity index (χ4n) is 4.12. The van der Waals surface area contributed by atoms with Gasteiger partial charge in [-0.1, -0.05) is 24.3 Å². The predicted octanol–water partition coefficient (Wildman–Crippen LogP) is 2.06. The highest BCUT2D eigenvalue weighted by Gasteiger charge is 2.39. The van der Waals surface area contributed by atoms with E-state index >= 15 is 0 Å². The number of carbonyl (C=O) groups excluding carboxylic acids is 1. The van der Waals surface area contributed by atoms with Gasteiger partial charge in [-0.15, -0.1) is 0 Å². The summed E-state index contributed by atoms with van der Waals surface area (Å²) in [4.78, 5) is 17.3. The van der Waals surface area contributed by atoms with Crippen LogP contribution in [0.5, 0.6) is 0 Å². The summed E-state index contributed by atoms with van der Waals surface area (Å²) < 4.78 is 0. The summed E-state index contributed by atoms with van der Waals surface area (Å²) in [6.07, 6.45) is 4.70. The molecule has 0 aromatic heterocycles. The van der Waals surface area contributed by atoms with Crippen molar-refractivity contribution in [2.75, 3.05) is 19.6 Å². The van der Waals surface area contributed by atoms with E-state index in [1.807, 2.05) is 0 Å². The third kappa shape index (κ3) is 2.05. The molecule has 106 valence electrons. The second-order valence-electron chi connectivity index (χ2n) is 6.51. The Morgan fingerprint density at radius 1 is 1.05 bits per heavy atom. The molecule has 4 aliphatic rings. The van der Waals surface area contributed by atoms with Crippen LogP contribution in [0.2, 0.25) is 0 Å².